The molecule has 1 fully saturated rings. The van der Waals surface area contributed by atoms with E-state index in [2.05, 4.69) is 0 Å². The molecule has 0 aliphatic carbocycles. The summed E-state index contributed by atoms with van der Waals surface area (Å²) in [6, 6.07) is 0. The monoisotopic (exact) mass is 151 g/mol. The molecule has 54 valence electrons. The molecular formula is C5H10ClNO2. The van der Waals surface area contributed by atoms with E-state index in [0.717, 1.165) is 0 Å². The van der Waals surface area contributed by atoms with Gasteiger partial charge in [-0.3, -0.25) is 0 Å². The van der Waals surface area contributed by atoms with Gasteiger partial charge in [0.1, 0.15) is 5.92 Å². The Balaban J connectivity index is 2.33. The summed E-state index contributed by atoms with van der Waals surface area (Å²) in [5.41, 5.74) is -0.426. The second-order valence-corrected chi connectivity index (χ2v) is 2.95. The van der Waals surface area contributed by atoms with Gasteiger partial charge in [0.05, 0.1) is 12.6 Å². The van der Waals surface area contributed by atoms with E-state index in [1.165, 1.54) is 0 Å². The van der Waals surface area contributed by atoms with Gasteiger partial charge in [-0.1, -0.05) is 11.6 Å². The minimum absolute atomic E-state index is 0.000772. The zero-order chi connectivity index (χ0) is 7.02. The van der Waals surface area contributed by atoms with Gasteiger partial charge in [0.15, 0.2) is 5.50 Å². The van der Waals surface area contributed by atoms with Crippen molar-refractivity contribution < 1.29 is 10.2 Å². The molecule has 4 heteroatoms. The smallest absolute Gasteiger partial charge is 0.173 e. The third-order valence-corrected chi connectivity index (χ3v) is 2.31. The van der Waals surface area contributed by atoms with Gasteiger partial charge < -0.3 is 15.4 Å². The molecule has 0 aromatic rings. The summed E-state index contributed by atoms with van der Waals surface area (Å²) >= 11 is 5.55. The first-order valence-corrected chi connectivity index (χ1v) is 3.41. The van der Waals surface area contributed by atoms with E-state index < -0.39 is 11.6 Å². The number of alkyl halides is 1. The molecule has 3 nitrogen and oxygen atoms in total. The largest absolute Gasteiger partial charge is 0.633 e. The number of aliphatic hydroxyl groups excluding tert-OH is 1. The number of nitrogens with one attached hydrogen (secondary N) is 1. The van der Waals surface area contributed by atoms with E-state index >= 15 is 0 Å². The minimum atomic E-state index is -0.440. The molecule has 3 unspecified atom stereocenters. The Labute approximate surface area is 58.8 Å². The van der Waals surface area contributed by atoms with Gasteiger partial charge in [0, 0.05) is 0 Å². The lowest BCUT2D eigenvalue weighted by atomic mass is 9.97. The maximum absolute atomic E-state index is 10.5. The molecule has 0 aromatic carbocycles. The van der Waals surface area contributed by atoms with Gasteiger partial charge in [0.2, 0.25) is 0 Å². The Hall–Kier alpha value is 0.170. The Morgan fingerprint density at radius 1 is 1.89 bits per heavy atom. The second-order valence-electron chi connectivity index (χ2n) is 2.48. The van der Waals surface area contributed by atoms with Crippen molar-refractivity contribution in [2.75, 3.05) is 6.54 Å². The number of hydroxylamine groups is 2. The summed E-state index contributed by atoms with van der Waals surface area (Å²) in [6.07, 6.45) is -0.440. The first-order valence-electron chi connectivity index (χ1n) is 2.98. The molecule has 0 bridgehead atoms. The number of rotatable bonds is 1. The number of hydrogen-bond donors (Lipinski definition) is 2. The van der Waals surface area contributed by atoms with Crippen LogP contribution in [0.5, 0.6) is 0 Å². The lowest BCUT2D eigenvalue weighted by Gasteiger charge is -2.44. The molecular weight excluding hydrogens is 142 g/mol. The van der Waals surface area contributed by atoms with E-state index in [4.69, 9.17) is 16.7 Å². The third kappa shape index (κ3) is 1.19. The highest BCUT2D eigenvalue weighted by Gasteiger charge is 2.40. The second kappa shape index (κ2) is 2.42. The van der Waals surface area contributed by atoms with Gasteiger partial charge >= 0.3 is 0 Å². The molecule has 9 heavy (non-hydrogen) atoms. The van der Waals surface area contributed by atoms with Crippen molar-refractivity contribution in [1.82, 2.24) is 0 Å². The zero-order valence-electron chi connectivity index (χ0n) is 5.17. The van der Waals surface area contributed by atoms with Crippen LogP contribution in [0.2, 0.25) is 0 Å². The highest BCUT2D eigenvalue weighted by molar-refractivity contribution is 6.20. The first-order chi connectivity index (χ1) is 4.13. The van der Waals surface area contributed by atoms with Crippen LogP contribution in [-0.4, -0.2) is 23.3 Å². The molecule has 0 spiro atoms. The Bertz CT molecular complexity index is 109. The maximum atomic E-state index is 10.5. The number of aliphatic hydroxyl groups is 1. The molecule has 0 radical (unpaired) electrons. The SMILES string of the molecule is C[C@@H](O)C1C[NH+]([O-])C1Cl. The van der Waals surface area contributed by atoms with Crippen molar-refractivity contribution >= 4 is 11.6 Å². The Kier molecular flexibility index (Phi) is 1.96. The van der Waals surface area contributed by atoms with Gasteiger partial charge in [-0.05, 0) is 6.92 Å². The normalized spacial score (nSPS) is 46.0. The fourth-order valence-corrected chi connectivity index (χ4v) is 1.33. The molecule has 1 aliphatic heterocycles. The molecule has 0 aromatic heterocycles. The average molecular weight is 152 g/mol. The van der Waals surface area contributed by atoms with Crippen LogP contribution in [0.3, 0.4) is 0 Å². The predicted octanol–water partition coefficient (Wildman–Crippen LogP) is -1.06. The van der Waals surface area contributed by atoms with E-state index in [1.807, 2.05) is 0 Å². The third-order valence-electron chi connectivity index (χ3n) is 1.74. The highest BCUT2D eigenvalue weighted by atomic mass is 35.5. The van der Waals surface area contributed by atoms with Crippen LogP contribution in [0.4, 0.5) is 0 Å². The van der Waals surface area contributed by atoms with Crippen LogP contribution in [0.1, 0.15) is 6.92 Å². The zero-order valence-corrected chi connectivity index (χ0v) is 5.93. The van der Waals surface area contributed by atoms with Crippen LogP contribution in [0, 0.1) is 11.1 Å². The van der Waals surface area contributed by atoms with Gasteiger partial charge in [-0.2, -0.15) is 0 Å². The van der Waals surface area contributed by atoms with Crippen LogP contribution >= 0.6 is 11.6 Å². The average Bonchev–Trinajstić information content (AvgIpc) is 1.81. The predicted molar refractivity (Wildman–Crippen MR) is 34.0 cm³/mol. The summed E-state index contributed by atoms with van der Waals surface area (Å²) in [7, 11) is 0. The standard InChI is InChI=1S/C5H10ClNO2/c1-3(8)4-2-7(9)5(4)6/h3-5,7-8H,2H2,1H3/t3-,4?,5?/m1/s1. The molecule has 2 N–H and O–H groups in total. The van der Waals surface area contributed by atoms with Crippen LogP contribution in [0.25, 0.3) is 0 Å². The summed E-state index contributed by atoms with van der Waals surface area (Å²) < 4.78 is 0. The molecule has 0 saturated carbocycles. The van der Waals surface area contributed by atoms with E-state index in [0.29, 0.717) is 6.54 Å². The Morgan fingerprint density at radius 2 is 2.44 bits per heavy atom. The summed E-state index contributed by atoms with van der Waals surface area (Å²) in [4.78, 5) is 0. The minimum Gasteiger partial charge on any atom is -0.633 e. The Morgan fingerprint density at radius 3 is 2.56 bits per heavy atom. The summed E-state index contributed by atoms with van der Waals surface area (Å²) in [5, 5.41) is 19.5. The van der Waals surface area contributed by atoms with Gasteiger partial charge in [0.25, 0.3) is 0 Å². The van der Waals surface area contributed by atoms with E-state index in [1.54, 1.807) is 6.92 Å². The van der Waals surface area contributed by atoms with Crippen LogP contribution in [-0.2, 0) is 0 Å². The quantitative estimate of drug-likeness (QED) is 0.285. The topological polar surface area (TPSA) is 47.7 Å². The van der Waals surface area contributed by atoms with E-state index in [9.17, 15) is 5.21 Å². The molecule has 1 heterocycles. The van der Waals surface area contributed by atoms with Gasteiger partial charge in [-0.15, -0.1) is 0 Å². The number of hydrogen-bond acceptors (Lipinski definition) is 2. The molecule has 4 atom stereocenters. The van der Waals surface area contributed by atoms with Crippen molar-refractivity contribution in [1.29, 1.82) is 0 Å². The van der Waals surface area contributed by atoms with Crippen molar-refractivity contribution in [2.24, 2.45) is 5.92 Å². The van der Waals surface area contributed by atoms with Crippen LogP contribution < -0.4 is 5.06 Å². The highest BCUT2D eigenvalue weighted by Crippen LogP contribution is 2.14. The van der Waals surface area contributed by atoms with Crippen molar-refractivity contribution in [3.63, 3.8) is 0 Å². The van der Waals surface area contributed by atoms with Crippen molar-refractivity contribution in [3.05, 3.63) is 5.21 Å². The van der Waals surface area contributed by atoms with Crippen molar-refractivity contribution in [3.8, 4) is 0 Å². The molecule has 1 saturated heterocycles. The van der Waals surface area contributed by atoms with Crippen molar-refractivity contribution in [2.45, 2.75) is 18.5 Å². The summed E-state index contributed by atoms with van der Waals surface area (Å²) in [6.45, 7) is 2.11. The number of quaternary nitrogens is 1. The molecule has 1 rings (SSSR count). The first kappa shape index (κ1) is 7.28. The fourth-order valence-electron chi connectivity index (χ4n) is 0.942. The maximum Gasteiger partial charge on any atom is 0.173 e. The lowest BCUT2D eigenvalue weighted by Crippen LogP contribution is -3.20. The van der Waals surface area contributed by atoms with Crippen LogP contribution in [0.15, 0.2) is 0 Å². The van der Waals surface area contributed by atoms with E-state index in [-0.39, 0.29) is 11.0 Å². The lowest BCUT2D eigenvalue weighted by molar-refractivity contribution is -0.918. The molecule has 0 amide bonds. The van der Waals surface area contributed by atoms with Gasteiger partial charge in [-0.25, -0.2) is 0 Å². The molecule has 1 aliphatic rings. The fraction of sp³-hybridized carbons (Fsp3) is 1.00. The summed E-state index contributed by atoms with van der Waals surface area (Å²) in [5.74, 6) is -0.000772. The number of halogens is 1.